The second-order valence-corrected chi connectivity index (χ2v) is 7.19. The molecule has 0 fully saturated rings. The summed E-state index contributed by atoms with van der Waals surface area (Å²) in [6.07, 6.45) is 5.69. The molecule has 0 aliphatic heterocycles. The molecule has 0 radical (unpaired) electrons. The number of fused-ring (bicyclic) bond motifs is 1. The van der Waals surface area contributed by atoms with E-state index in [1.165, 1.54) is 17.5 Å². The maximum absolute atomic E-state index is 12.0. The van der Waals surface area contributed by atoms with Crippen molar-refractivity contribution in [2.24, 2.45) is 0 Å². The van der Waals surface area contributed by atoms with Gasteiger partial charge in [0.1, 0.15) is 0 Å². The quantitative estimate of drug-likeness (QED) is 0.647. The summed E-state index contributed by atoms with van der Waals surface area (Å²) in [6.45, 7) is 0. The van der Waals surface area contributed by atoms with Crippen molar-refractivity contribution in [2.75, 3.05) is 16.4 Å². The smallest absolute Gasteiger partial charge is 0.232 e. The van der Waals surface area contributed by atoms with E-state index in [-0.39, 0.29) is 5.75 Å². The summed E-state index contributed by atoms with van der Waals surface area (Å²) in [5.74, 6) is 0.652. The topological polar surface area (TPSA) is 46.2 Å². The minimum atomic E-state index is -3.25. The van der Waals surface area contributed by atoms with Gasteiger partial charge in [0.05, 0.1) is 11.4 Å². The van der Waals surface area contributed by atoms with Crippen LogP contribution in [0.4, 0.5) is 5.69 Å². The Kier molecular flexibility index (Phi) is 5.11. The van der Waals surface area contributed by atoms with Gasteiger partial charge in [-0.05, 0) is 55.7 Å². The van der Waals surface area contributed by atoms with Gasteiger partial charge in [-0.25, -0.2) is 8.42 Å². The zero-order chi connectivity index (χ0) is 13.7. The summed E-state index contributed by atoms with van der Waals surface area (Å²) < 4.78 is 26.7. The Balaban J connectivity index is 2.10. The van der Waals surface area contributed by atoms with Crippen LogP contribution in [-0.4, -0.2) is 20.1 Å². The van der Waals surface area contributed by atoms with Crippen LogP contribution in [0.3, 0.4) is 0 Å². The Morgan fingerprint density at radius 2 is 1.95 bits per heavy atom. The first-order valence-corrected chi connectivity index (χ1v) is 8.98. The van der Waals surface area contributed by atoms with Gasteiger partial charge in [-0.15, -0.1) is 11.6 Å². The molecule has 19 heavy (non-hydrogen) atoms. The van der Waals surface area contributed by atoms with Gasteiger partial charge >= 0.3 is 0 Å². The van der Waals surface area contributed by atoms with Crippen LogP contribution in [0.25, 0.3) is 0 Å². The van der Waals surface area contributed by atoms with Crippen LogP contribution < -0.4 is 4.72 Å². The maximum atomic E-state index is 12.0. The fourth-order valence-electron chi connectivity index (χ4n) is 2.48. The fourth-order valence-corrected chi connectivity index (χ4v) is 3.88. The van der Waals surface area contributed by atoms with Crippen LogP contribution in [0.15, 0.2) is 18.2 Å². The molecule has 1 aliphatic rings. The molecule has 0 bridgehead atoms. The van der Waals surface area contributed by atoms with Crippen molar-refractivity contribution in [3.8, 4) is 0 Å². The lowest BCUT2D eigenvalue weighted by Crippen LogP contribution is -2.19. The summed E-state index contributed by atoms with van der Waals surface area (Å²) in [5, 5.41) is 0. The standard InChI is InChI=1S/C14H20ClNO2S/c15-10-3-4-11-19(17,18)16-14-9-5-7-12-6-1-2-8-13(12)14/h5,7,9,16H,1-4,6,8,10-11H2. The number of unbranched alkanes of at least 4 members (excludes halogenated alkanes) is 1. The SMILES string of the molecule is O=S(=O)(CCCCCl)Nc1cccc2c1CCCC2. The number of rotatable bonds is 6. The van der Waals surface area contributed by atoms with Gasteiger partial charge < -0.3 is 0 Å². The number of anilines is 1. The molecule has 0 heterocycles. The van der Waals surface area contributed by atoms with Crippen LogP contribution in [0.5, 0.6) is 0 Å². The van der Waals surface area contributed by atoms with Crippen LogP contribution in [0, 0.1) is 0 Å². The number of nitrogens with one attached hydrogen (secondary N) is 1. The van der Waals surface area contributed by atoms with Crippen molar-refractivity contribution in [1.29, 1.82) is 0 Å². The van der Waals surface area contributed by atoms with E-state index in [1.807, 2.05) is 12.1 Å². The van der Waals surface area contributed by atoms with Crippen LogP contribution in [0.1, 0.15) is 36.8 Å². The molecule has 0 atom stereocenters. The van der Waals surface area contributed by atoms with Gasteiger partial charge in [-0.1, -0.05) is 12.1 Å². The van der Waals surface area contributed by atoms with Crippen molar-refractivity contribution in [1.82, 2.24) is 0 Å². The second kappa shape index (κ2) is 6.62. The third kappa shape index (κ3) is 4.11. The van der Waals surface area contributed by atoms with Crippen molar-refractivity contribution in [3.05, 3.63) is 29.3 Å². The molecule has 1 aliphatic carbocycles. The minimum Gasteiger partial charge on any atom is -0.283 e. The Morgan fingerprint density at radius 1 is 1.16 bits per heavy atom. The Morgan fingerprint density at radius 3 is 2.74 bits per heavy atom. The average Bonchev–Trinajstić information content (AvgIpc) is 2.39. The number of sulfonamides is 1. The summed E-state index contributed by atoms with van der Waals surface area (Å²) in [5.41, 5.74) is 3.23. The van der Waals surface area contributed by atoms with Crippen molar-refractivity contribution >= 4 is 27.3 Å². The van der Waals surface area contributed by atoms with E-state index < -0.39 is 10.0 Å². The predicted molar refractivity (Wildman–Crippen MR) is 80.4 cm³/mol. The first-order chi connectivity index (χ1) is 9.12. The summed E-state index contributed by atoms with van der Waals surface area (Å²) in [6, 6.07) is 5.89. The van der Waals surface area contributed by atoms with Gasteiger partial charge in [0, 0.05) is 5.88 Å². The van der Waals surface area contributed by atoms with E-state index in [9.17, 15) is 8.42 Å². The van der Waals surface area contributed by atoms with Crippen molar-refractivity contribution in [3.63, 3.8) is 0 Å². The van der Waals surface area contributed by atoms with Crippen LogP contribution in [0.2, 0.25) is 0 Å². The van der Waals surface area contributed by atoms with Gasteiger partial charge in [0.15, 0.2) is 0 Å². The van der Waals surface area contributed by atoms with E-state index in [4.69, 9.17) is 11.6 Å². The Bertz CT molecular complexity index is 528. The van der Waals surface area contributed by atoms with Crippen molar-refractivity contribution < 1.29 is 8.42 Å². The molecule has 1 aromatic carbocycles. The molecular formula is C14H20ClNO2S. The molecular weight excluding hydrogens is 282 g/mol. The highest BCUT2D eigenvalue weighted by molar-refractivity contribution is 7.92. The molecule has 1 aromatic rings. The molecule has 3 nitrogen and oxygen atoms in total. The van der Waals surface area contributed by atoms with E-state index in [0.717, 1.165) is 31.4 Å². The summed E-state index contributed by atoms with van der Waals surface area (Å²) >= 11 is 5.57. The largest absolute Gasteiger partial charge is 0.283 e. The normalized spacial score (nSPS) is 15.0. The molecule has 0 saturated heterocycles. The molecule has 2 rings (SSSR count). The Labute approximate surface area is 120 Å². The fraction of sp³-hybridized carbons (Fsp3) is 0.571. The van der Waals surface area contributed by atoms with Gasteiger partial charge in [-0.2, -0.15) is 0 Å². The molecule has 0 amide bonds. The number of halogens is 1. The highest BCUT2D eigenvalue weighted by Crippen LogP contribution is 2.28. The van der Waals surface area contributed by atoms with Crippen LogP contribution >= 0.6 is 11.6 Å². The monoisotopic (exact) mass is 301 g/mol. The lowest BCUT2D eigenvalue weighted by Gasteiger charge is -2.20. The van der Waals surface area contributed by atoms with Crippen LogP contribution in [-0.2, 0) is 22.9 Å². The maximum Gasteiger partial charge on any atom is 0.232 e. The number of hydrogen-bond donors (Lipinski definition) is 1. The average molecular weight is 302 g/mol. The first-order valence-electron chi connectivity index (χ1n) is 6.79. The summed E-state index contributed by atoms with van der Waals surface area (Å²) in [4.78, 5) is 0. The molecule has 0 spiro atoms. The van der Waals surface area contributed by atoms with Gasteiger partial charge in [0.2, 0.25) is 10.0 Å². The van der Waals surface area contributed by atoms with Gasteiger partial charge in [-0.3, -0.25) is 4.72 Å². The van der Waals surface area contributed by atoms with Crippen molar-refractivity contribution in [2.45, 2.75) is 38.5 Å². The van der Waals surface area contributed by atoms with E-state index in [2.05, 4.69) is 10.8 Å². The zero-order valence-electron chi connectivity index (χ0n) is 11.0. The zero-order valence-corrected chi connectivity index (χ0v) is 12.6. The minimum absolute atomic E-state index is 0.142. The summed E-state index contributed by atoms with van der Waals surface area (Å²) in [7, 11) is -3.25. The lowest BCUT2D eigenvalue weighted by atomic mass is 9.91. The predicted octanol–water partition coefficient (Wildman–Crippen LogP) is 3.33. The third-order valence-corrected chi connectivity index (χ3v) is 5.08. The lowest BCUT2D eigenvalue weighted by molar-refractivity contribution is 0.597. The number of hydrogen-bond acceptors (Lipinski definition) is 2. The number of benzene rings is 1. The third-order valence-electron chi connectivity index (χ3n) is 3.46. The first kappa shape index (κ1) is 14.7. The van der Waals surface area contributed by atoms with E-state index in [1.54, 1.807) is 0 Å². The molecule has 5 heteroatoms. The molecule has 0 unspecified atom stereocenters. The van der Waals surface area contributed by atoms with E-state index in [0.29, 0.717) is 12.3 Å². The van der Waals surface area contributed by atoms with Gasteiger partial charge in [0.25, 0.3) is 0 Å². The molecule has 0 aromatic heterocycles. The Hall–Kier alpha value is -0.740. The molecule has 0 saturated carbocycles. The highest BCUT2D eigenvalue weighted by Gasteiger charge is 2.16. The number of alkyl halides is 1. The van der Waals surface area contributed by atoms with E-state index >= 15 is 0 Å². The second-order valence-electron chi connectivity index (χ2n) is 4.97. The molecule has 1 N–H and O–H groups in total. The molecule has 106 valence electrons. The highest BCUT2D eigenvalue weighted by atomic mass is 35.5. The number of aryl methyl sites for hydroxylation is 1.